The number of aliphatic hydroxyl groups is 1. The molecule has 1 atom stereocenters. The number of halogens is 2. The highest BCUT2D eigenvalue weighted by atomic mass is 35.5. The first kappa shape index (κ1) is 14.2. The van der Waals surface area contributed by atoms with Crippen LogP contribution < -0.4 is 4.74 Å². The van der Waals surface area contributed by atoms with E-state index in [0.29, 0.717) is 27.8 Å². The average Bonchev–Trinajstić information content (AvgIpc) is 2.41. The Morgan fingerprint density at radius 2 is 1.89 bits per heavy atom. The first-order valence-corrected chi connectivity index (χ1v) is 6.62. The van der Waals surface area contributed by atoms with Crippen molar-refractivity contribution in [3.63, 3.8) is 0 Å². The molecule has 0 saturated heterocycles. The zero-order valence-electron chi connectivity index (χ0n) is 10.4. The molecule has 0 aliphatic carbocycles. The van der Waals surface area contributed by atoms with Gasteiger partial charge in [0.1, 0.15) is 5.75 Å². The minimum absolute atomic E-state index is 0.413. The number of methoxy groups -OCH3 is 1. The predicted molar refractivity (Wildman–Crippen MR) is 78.1 cm³/mol. The van der Waals surface area contributed by atoms with E-state index >= 15 is 0 Å². The van der Waals surface area contributed by atoms with Crippen LogP contribution in [0.2, 0.25) is 10.0 Å². The molecule has 2 aromatic rings. The van der Waals surface area contributed by atoms with Gasteiger partial charge in [-0.2, -0.15) is 0 Å². The number of rotatable bonds is 4. The maximum absolute atomic E-state index is 10.3. The van der Waals surface area contributed by atoms with E-state index in [1.807, 2.05) is 18.2 Å². The van der Waals surface area contributed by atoms with Gasteiger partial charge >= 0.3 is 0 Å². The smallest absolute Gasteiger partial charge is 0.124 e. The van der Waals surface area contributed by atoms with Crippen LogP contribution in [0, 0.1) is 0 Å². The molecule has 1 unspecified atom stereocenters. The van der Waals surface area contributed by atoms with Crippen LogP contribution in [0.4, 0.5) is 0 Å². The third-order valence-electron chi connectivity index (χ3n) is 2.92. The summed E-state index contributed by atoms with van der Waals surface area (Å²) in [6, 6.07) is 12.6. The van der Waals surface area contributed by atoms with Gasteiger partial charge in [0, 0.05) is 22.0 Å². The van der Waals surface area contributed by atoms with E-state index in [-0.39, 0.29) is 0 Å². The van der Waals surface area contributed by atoms with Crippen molar-refractivity contribution in [3.05, 3.63) is 63.6 Å². The van der Waals surface area contributed by atoms with Crippen LogP contribution >= 0.6 is 23.2 Å². The molecular weight excluding hydrogens is 283 g/mol. The molecule has 2 nitrogen and oxygen atoms in total. The van der Waals surface area contributed by atoms with Gasteiger partial charge in [-0.3, -0.25) is 0 Å². The lowest BCUT2D eigenvalue weighted by molar-refractivity contribution is 0.174. The first-order chi connectivity index (χ1) is 9.11. The maximum Gasteiger partial charge on any atom is 0.124 e. The molecule has 0 radical (unpaired) electrons. The van der Waals surface area contributed by atoms with Crippen molar-refractivity contribution in [1.29, 1.82) is 0 Å². The lowest BCUT2D eigenvalue weighted by Crippen LogP contribution is -2.04. The fraction of sp³-hybridized carbons (Fsp3) is 0.200. The van der Waals surface area contributed by atoms with E-state index in [4.69, 9.17) is 27.9 Å². The molecule has 0 bridgehead atoms. The highest BCUT2D eigenvalue weighted by molar-refractivity contribution is 6.31. The Bertz CT molecular complexity index is 570. The van der Waals surface area contributed by atoms with Crippen LogP contribution in [0.25, 0.3) is 0 Å². The van der Waals surface area contributed by atoms with Gasteiger partial charge in [0.2, 0.25) is 0 Å². The molecule has 0 amide bonds. The first-order valence-electron chi connectivity index (χ1n) is 5.86. The lowest BCUT2D eigenvalue weighted by Gasteiger charge is -2.16. The second kappa shape index (κ2) is 6.29. The summed E-state index contributed by atoms with van der Waals surface area (Å²) in [6.45, 7) is 0. The van der Waals surface area contributed by atoms with Crippen molar-refractivity contribution in [2.24, 2.45) is 0 Å². The zero-order chi connectivity index (χ0) is 13.8. The topological polar surface area (TPSA) is 29.5 Å². The van der Waals surface area contributed by atoms with Gasteiger partial charge in [0.15, 0.2) is 0 Å². The van der Waals surface area contributed by atoms with E-state index < -0.39 is 6.10 Å². The summed E-state index contributed by atoms with van der Waals surface area (Å²) in [5.41, 5.74) is 1.55. The van der Waals surface area contributed by atoms with Gasteiger partial charge < -0.3 is 9.84 Å². The van der Waals surface area contributed by atoms with E-state index in [9.17, 15) is 5.11 Å². The van der Waals surface area contributed by atoms with Crippen LogP contribution in [-0.2, 0) is 6.42 Å². The molecule has 19 heavy (non-hydrogen) atoms. The Morgan fingerprint density at radius 3 is 2.58 bits per heavy atom. The van der Waals surface area contributed by atoms with Crippen LogP contribution in [0.15, 0.2) is 42.5 Å². The van der Waals surface area contributed by atoms with Crippen molar-refractivity contribution in [1.82, 2.24) is 0 Å². The van der Waals surface area contributed by atoms with Crippen LogP contribution in [0.1, 0.15) is 17.2 Å². The predicted octanol–water partition coefficient (Wildman–Crippen LogP) is 4.28. The molecule has 0 spiro atoms. The van der Waals surface area contributed by atoms with Gasteiger partial charge in [-0.05, 0) is 29.8 Å². The molecule has 0 heterocycles. The molecular formula is C15H14Cl2O2. The summed E-state index contributed by atoms with van der Waals surface area (Å²) in [5, 5.41) is 11.5. The fourth-order valence-electron chi connectivity index (χ4n) is 1.95. The van der Waals surface area contributed by atoms with Gasteiger partial charge in [-0.25, -0.2) is 0 Å². The Kier molecular flexibility index (Phi) is 4.70. The molecule has 2 rings (SSSR count). The van der Waals surface area contributed by atoms with Crippen LogP contribution in [-0.4, -0.2) is 12.2 Å². The summed E-state index contributed by atoms with van der Waals surface area (Å²) >= 11 is 12.1. The van der Waals surface area contributed by atoms with E-state index in [1.54, 1.807) is 31.4 Å². The Balaban J connectivity index is 2.27. The molecule has 2 aromatic carbocycles. The van der Waals surface area contributed by atoms with Crippen molar-refractivity contribution in [2.75, 3.05) is 7.11 Å². The third kappa shape index (κ3) is 3.41. The zero-order valence-corrected chi connectivity index (χ0v) is 11.9. The van der Waals surface area contributed by atoms with Crippen molar-refractivity contribution in [3.8, 4) is 5.75 Å². The van der Waals surface area contributed by atoms with Gasteiger partial charge in [0.25, 0.3) is 0 Å². The van der Waals surface area contributed by atoms with Crippen molar-refractivity contribution < 1.29 is 9.84 Å². The van der Waals surface area contributed by atoms with E-state index in [2.05, 4.69) is 0 Å². The molecule has 4 heteroatoms. The number of benzene rings is 2. The van der Waals surface area contributed by atoms with Gasteiger partial charge in [-0.15, -0.1) is 0 Å². The maximum atomic E-state index is 10.3. The summed E-state index contributed by atoms with van der Waals surface area (Å²) in [4.78, 5) is 0. The number of ether oxygens (including phenoxy) is 1. The fourth-order valence-corrected chi connectivity index (χ4v) is 2.34. The minimum Gasteiger partial charge on any atom is -0.496 e. The highest BCUT2D eigenvalue weighted by Crippen LogP contribution is 2.31. The van der Waals surface area contributed by atoms with E-state index in [0.717, 1.165) is 5.56 Å². The van der Waals surface area contributed by atoms with Crippen LogP contribution in [0.3, 0.4) is 0 Å². The third-order valence-corrected chi connectivity index (χ3v) is 3.53. The van der Waals surface area contributed by atoms with E-state index in [1.165, 1.54) is 0 Å². The lowest BCUT2D eigenvalue weighted by atomic mass is 10.0. The SMILES string of the molecule is COc1ccc(Cl)cc1C(O)Cc1ccccc1Cl. The van der Waals surface area contributed by atoms with Crippen molar-refractivity contribution in [2.45, 2.75) is 12.5 Å². The van der Waals surface area contributed by atoms with Gasteiger partial charge in [0.05, 0.1) is 13.2 Å². The molecule has 100 valence electrons. The molecule has 0 saturated carbocycles. The second-order valence-corrected chi connectivity index (χ2v) is 5.04. The molecule has 0 aromatic heterocycles. The van der Waals surface area contributed by atoms with Crippen molar-refractivity contribution >= 4 is 23.2 Å². The number of hydrogen-bond acceptors (Lipinski definition) is 2. The minimum atomic E-state index is -0.714. The van der Waals surface area contributed by atoms with Gasteiger partial charge in [-0.1, -0.05) is 41.4 Å². The Hall–Kier alpha value is -1.22. The number of aliphatic hydroxyl groups excluding tert-OH is 1. The molecule has 0 fully saturated rings. The summed E-state index contributed by atoms with van der Waals surface area (Å²) in [7, 11) is 1.56. The molecule has 0 aliphatic heterocycles. The molecule has 1 N–H and O–H groups in total. The monoisotopic (exact) mass is 296 g/mol. The quantitative estimate of drug-likeness (QED) is 0.912. The largest absolute Gasteiger partial charge is 0.496 e. The molecule has 0 aliphatic rings. The summed E-state index contributed by atoms with van der Waals surface area (Å²) < 4.78 is 5.24. The Morgan fingerprint density at radius 1 is 1.16 bits per heavy atom. The summed E-state index contributed by atoms with van der Waals surface area (Å²) in [6.07, 6.45) is -0.301. The highest BCUT2D eigenvalue weighted by Gasteiger charge is 2.15. The number of hydrogen-bond donors (Lipinski definition) is 1. The standard InChI is InChI=1S/C15H14Cl2O2/c1-19-15-7-6-11(16)9-12(15)14(18)8-10-4-2-3-5-13(10)17/h2-7,9,14,18H,8H2,1H3. The second-order valence-electron chi connectivity index (χ2n) is 4.20. The Labute approximate surface area is 122 Å². The normalized spacial score (nSPS) is 12.2. The summed E-state index contributed by atoms with van der Waals surface area (Å²) in [5.74, 6) is 0.615. The van der Waals surface area contributed by atoms with Crippen LogP contribution in [0.5, 0.6) is 5.75 Å². The average molecular weight is 297 g/mol.